The van der Waals surface area contributed by atoms with E-state index in [4.69, 9.17) is 30.9 Å². The van der Waals surface area contributed by atoms with Gasteiger partial charge in [0, 0.05) is 0 Å². The Morgan fingerprint density at radius 2 is 0.757 bits per heavy atom. The van der Waals surface area contributed by atoms with E-state index in [9.17, 15) is 0 Å². The van der Waals surface area contributed by atoms with Crippen molar-refractivity contribution in [2.24, 2.45) is 10.8 Å². The molecule has 0 radical (unpaired) electrons. The Balaban J connectivity index is -0.000000158. The number of hydrogen-bond donors (Lipinski definition) is 0. The van der Waals surface area contributed by atoms with Crippen molar-refractivity contribution in [3.8, 4) is 0 Å². The Kier molecular flexibility index (Phi) is 28.5. The Morgan fingerprint density at radius 1 is 0.541 bits per heavy atom. The third-order valence-electron chi connectivity index (χ3n) is 6.20. The minimum absolute atomic E-state index is 0. The smallest absolute Gasteiger partial charge is 0.675 e. The summed E-state index contributed by atoms with van der Waals surface area (Å²) in [6.45, 7) is 41.7. The Labute approximate surface area is 246 Å². The van der Waals surface area contributed by atoms with Crippen LogP contribution in [0.4, 0.5) is 0 Å². The van der Waals surface area contributed by atoms with E-state index in [0.717, 1.165) is 25.7 Å². The van der Waals surface area contributed by atoms with Gasteiger partial charge in [-0.25, -0.2) is 12.3 Å². The Bertz CT molecular complexity index is 471. The largest absolute Gasteiger partial charge is 6.00 e. The standard InChI is InChI=1S/2C14H30N2.2CHO.Ru/c2*1-9-11(3)15-12(13(4,5)6)16-14(7,8)10-2;2*1-2;/h2*11-12H,9-10H2,1-8H3;2*1H;/q2*-2;2*-1;+6. The van der Waals surface area contributed by atoms with E-state index in [1.807, 2.05) is 0 Å². The molecule has 0 fully saturated rings. The predicted molar refractivity (Wildman–Crippen MR) is 162 cm³/mol. The zero-order chi connectivity index (χ0) is 30.0. The van der Waals surface area contributed by atoms with Gasteiger partial charge in [0.05, 0.1) is 0 Å². The van der Waals surface area contributed by atoms with E-state index in [-0.39, 0.29) is 53.7 Å². The quantitative estimate of drug-likeness (QED) is 0.125. The molecule has 0 aromatic heterocycles. The zero-order valence-corrected chi connectivity index (χ0v) is 29.0. The fraction of sp³-hybridized carbons (Fsp3) is 0.933. The van der Waals surface area contributed by atoms with Crippen molar-refractivity contribution in [1.29, 1.82) is 0 Å². The molecule has 0 aliphatic carbocycles. The number of rotatable bonds is 12. The third-order valence-corrected chi connectivity index (χ3v) is 6.20. The van der Waals surface area contributed by atoms with Crippen molar-refractivity contribution in [2.45, 2.75) is 172 Å². The van der Waals surface area contributed by atoms with Crippen LogP contribution in [0, 0.1) is 10.8 Å². The molecule has 6 nitrogen and oxygen atoms in total. The zero-order valence-electron chi connectivity index (χ0n) is 27.3. The van der Waals surface area contributed by atoms with Crippen LogP contribution in [0.2, 0.25) is 0 Å². The van der Waals surface area contributed by atoms with Gasteiger partial charge in [0.25, 0.3) is 0 Å². The summed E-state index contributed by atoms with van der Waals surface area (Å²) in [4.78, 5) is 15.5. The van der Waals surface area contributed by atoms with Crippen LogP contribution in [0.25, 0.3) is 21.3 Å². The van der Waals surface area contributed by atoms with Crippen LogP contribution in [0.15, 0.2) is 0 Å². The summed E-state index contributed by atoms with van der Waals surface area (Å²) in [7, 11) is 0. The minimum atomic E-state index is 0. The maximum atomic E-state index is 7.75. The van der Waals surface area contributed by atoms with Crippen molar-refractivity contribution in [1.82, 2.24) is 0 Å². The van der Waals surface area contributed by atoms with Crippen molar-refractivity contribution in [3.05, 3.63) is 21.3 Å². The Morgan fingerprint density at radius 3 is 0.892 bits per heavy atom. The van der Waals surface area contributed by atoms with Crippen LogP contribution in [-0.4, -0.2) is 49.1 Å². The molecule has 7 heteroatoms. The average Bonchev–Trinajstić information content (AvgIpc) is 2.79. The molecule has 0 rings (SSSR count). The maximum absolute atomic E-state index is 7.75. The molecule has 0 aromatic rings. The molecule has 0 aliphatic rings. The number of nitrogens with zero attached hydrogens (tertiary/aromatic N) is 4. The topological polar surface area (TPSA) is 90.5 Å². The van der Waals surface area contributed by atoms with Crippen molar-refractivity contribution in [3.63, 3.8) is 0 Å². The van der Waals surface area contributed by atoms with E-state index in [2.05, 4.69) is 124 Å². The van der Waals surface area contributed by atoms with Gasteiger partial charge in [-0.3, -0.25) is 13.6 Å². The third kappa shape index (κ3) is 25.8. The molecule has 4 atom stereocenters. The van der Waals surface area contributed by atoms with Gasteiger partial charge in [0.2, 0.25) is 0 Å². The first-order valence-corrected chi connectivity index (χ1v) is 13.6. The van der Waals surface area contributed by atoms with Gasteiger partial charge in [-0.1, -0.05) is 147 Å². The predicted octanol–water partition coefficient (Wildman–Crippen LogP) is 9.64. The van der Waals surface area contributed by atoms with Gasteiger partial charge in [0.15, 0.2) is 0 Å². The van der Waals surface area contributed by atoms with E-state index in [1.54, 1.807) is 0 Å². The second-order valence-electron chi connectivity index (χ2n) is 12.9. The van der Waals surface area contributed by atoms with Crippen LogP contribution < -0.4 is 0 Å². The fourth-order valence-electron chi connectivity index (χ4n) is 2.44. The summed E-state index contributed by atoms with van der Waals surface area (Å²) < 4.78 is 0. The van der Waals surface area contributed by atoms with E-state index >= 15 is 0 Å². The maximum Gasteiger partial charge on any atom is 6.00 e. The number of hydrogen-bond acceptors (Lipinski definition) is 2. The first-order chi connectivity index (χ1) is 16.2. The van der Waals surface area contributed by atoms with Crippen LogP contribution in [0.5, 0.6) is 0 Å². The monoisotopic (exact) mass is 612 g/mol. The average molecular weight is 612 g/mol. The van der Waals surface area contributed by atoms with Gasteiger partial charge in [-0.05, 0) is 0 Å². The van der Waals surface area contributed by atoms with Gasteiger partial charge < -0.3 is 30.9 Å². The molecule has 0 N–H and O–H groups in total. The van der Waals surface area contributed by atoms with Crippen molar-refractivity contribution >= 4 is 13.6 Å². The summed E-state index contributed by atoms with van der Waals surface area (Å²) in [6.07, 6.45) is 4.53. The molecule has 4 unspecified atom stereocenters. The summed E-state index contributed by atoms with van der Waals surface area (Å²) in [5, 5.41) is 19.5. The fourth-order valence-corrected chi connectivity index (χ4v) is 2.44. The molecule has 0 aromatic carbocycles. The molecule has 0 saturated carbocycles. The van der Waals surface area contributed by atoms with E-state index in [0.29, 0.717) is 12.1 Å². The van der Waals surface area contributed by atoms with Gasteiger partial charge in [-0.15, -0.1) is 23.2 Å². The normalized spacial score (nSPS) is 15.1. The van der Waals surface area contributed by atoms with E-state index < -0.39 is 0 Å². The van der Waals surface area contributed by atoms with Crippen LogP contribution in [0.1, 0.15) is 136 Å². The molecular weight excluding hydrogens is 549 g/mol. The van der Waals surface area contributed by atoms with Gasteiger partial charge >= 0.3 is 19.5 Å². The molecule has 0 spiro atoms. The van der Waals surface area contributed by atoms with Crippen LogP contribution in [0.3, 0.4) is 0 Å². The van der Waals surface area contributed by atoms with E-state index in [1.165, 1.54) is 0 Å². The first-order valence-electron chi connectivity index (χ1n) is 13.6. The van der Waals surface area contributed by atoms with Crippen LogP contribution in [-0.2, 0) is 29.1 Å². The van der Waals surface area contributed by atoms with Crippen molar-refractivity contribution in [2.75, 3.05) is 0 Å². The summed E-state index contributed by atoms with van der Waals surface area (Å²) in [6, 6.07) is 0.807. The number of carbonyl (C=O) groups excluding carboxylic acids is 2. The second kappa shape index (κ2) is 22.6. The summed E-state index contributed by atoms with van der Waals surface area (Å²) >= 11 is 0. The molecule has 37 heavy (non-hydrogen) atoms. The molecule has 0 bridgehead atoms. The van der Waals surface area contributed by atoms with Gasteiger partial charge in [0.1, 0.15) is 0 Å². The molecular formula is C30H62N4O2Ru. The van der Waals surface area contributed by atoms with Gasteiger partial charge in [-0.2, -0.15) is 0 Å². The minimum Gasteiger partial charge on any atom is -0.675 e. The molecule has 0 aliphatic heterocycles. The Hall–Kier alpha value is -0.197. The van der Waals surface area contributed by atoms with Crippen molar-refractivity contribution < 1.29 is 29.1 Å². The molecule has 222 valence electrons. The first kappa shape index (κ1) is 46.6. The SMILES string of the molecule is CCC(C)[N-]C([N-]C(C)(C)CC)C(C)(C)C.CCC(C)[N-]C([N-]C(C)(C)CC)C(C)(C)C.[CH-]=O.[CH-]=O.[Ru+6]. The van der Waals surface area contributed by atoms with Crippen LogP contribution >= 0.6 is 0 Å². The molecule has 0 heterocycles. The molecule has 0 amide bonds. The summed E-state index contributed by atoms with van der Waals surface area (Å²) in [5.41, 5.74) is 0.315. The second-order valence-corrected chi connectivity index (χ2v) is 12.9. The molecule has 0 saturated heterocycles. The summed E-state index contributed by atoms with van der Waals surface area (Å²) in [5.74, 6) is 0.